The van der Waals surface area contributed by atoms with Gasteiger partial charge in [0.2, 0.25) is 5.91 Å². The maximum absolute atomic E-state index is 12.5. The van der Waals surface area contributed by atoms with Crippen LogP contribution in [0.4, 0.5) is 5.69 Å². The molecule has 2 aromatic rings. The van der Waals surface area contributed by atoms with Gasteiger partial charge in [-0.05, 0) is 81.5 Å². The van der Waals surface area contributed by atoms with Crippen LogP contribution in [0, 0.1) is 17.8 Å². The topological polar surface area (TPSA) is 44.1 Å². The molecule has 6 rings (SSSR count). The minimum atomic E-state index is 0.311. The number of fused-ring (bicyclic) bond motifs is 1. The molecular formula is C30H41N5O. The molecule has 1 saturated carbocycles. The molecule has 4 heterocycles. The predicted molar refractivity (Wildman–Crippen MR) is 146 cm³/mol. The molecule has 6 nitrogen and oxygen atoms in total. The van der Waals surface area contributed by atoms with Crippen LogP contribution in [0.3, 0.4) is 0 Å². The highest BCUT2D eigenvalue weighted by Crippen LogP contribution is 2.35. The van der Waals surface area contributed by atoms with E-state index in [2.05, 4.69) is 70.2 Å². The summed E-state index contributed by atoms with van der Waals surface area (Å²) in [6, 6.07) is 5.12. The number of anilines is 1. The molecule has 0 aromatic carbocycles. The van der Waals surface area contributed by atoms with Crippen molar-refractivity contribution in [1.29, 1.82) is 0 Å². The van der Waals surface area contributed by atoms with Crippen LogP contribution in [-0.2, 0) is 4.79 Å². The molecule has 0 radical (unpaired) electrons. The number of likely N-dealkylation sites (tertiary alicyclic amines) is 1. The van der Waals surface area contributed by atoms with Crippen LogP contribution in [0.15, 0.2) is 42.8 Å². The molecule has 0 spiro atoms. The normalized spacial score (nSPS) is 26.3. The third-order valence-electron chi connectivity index (χ3n) is 9.12. The number of hydrogen-bond acceptors (Lipinski definition) is 4. The highest BCUT2D eigenvalue weighted by molar-refractivity contribution is 5.83. The van der Waals surface area contributed by atoms with Crippen molar-refractivity contribution < 1.29 is 4.79 Å². The summed E-state index contributed by atoms with van der Waals surface area (Å²) in [5.74, 6) is 2.11. The quantitative estimate of drug-likeness (QED) is 0.584. The Balaban J connectivity index is 1.13. The molecule has 36 heavy (non-hydrogen) atoms. The summed E-state index contributed by atoms with van der Waals surface area (Å²) in [6.07, 6.45) is 18.6. The van der Waals surface area contributed by atoms with Gasteiger partial charge in [-0.2, -0.15) is 5.10 Å². The first-order valence-electron chi connectivity index (χ1n) is 14.2. The van der Waals surface area contributed by atoms with Crippen LogP contribution in [0.2, 0.25) is 0 Å². The fraction of sp³-hybridized carbons (Fsp3) is 0.600. The van der Waals surface area contributed by atoms with Crippen molar-refractivity contribution in [2.75, 3.05) is 44.2 Å². The van der Waals surface area contributed by atoms with E-state index in [1.807, 2.05) is 10.7 Å². The number of aromatic nitrogens is 2. The molecule has 2 aliphatic heterocycles. The average molecular weight is 488 g/mol. The maximum atomic E-state index is 12.5. The number of carbonyl (C=O) groups excluding carboxylic acids is 1. The molecule has 1 unspecified atom stereocenters. The Morgan fingerprint density at radius 2 is 1.97 bits per heavy atom. The van der Waals surface area contributed by atoms with Gasteiger partial charge in [0, 0.05) is 62.6 Å². The molecule has 0 N–H and O–H groups in total. The average Bonchev–Trinajstić information content (AvgIpc) is 3.70. The zero-order valence-corrected chi connectivity index (χ0v) is 22.0. The van der Waals surface area contributed by atoms with Crippen LogP contribution < -0.4 is 4.90 Å². The highest BCUT2D eigenvalue weighted by atomic mass is 16.2. The molecule has 3 fully saturated rings. The first kappa shape index (κ1) is 23.8. The number of hydrogen-bond donors (Lipinski definition) is 0. The van der Waals surface area contributed by atoms with Gasteiger partial charge in [0.25, 0.3) is 0 Å². The third-order valence-corrected chi connectivity index (χ3v) is 9.12. The van der Waals surface area contributed by atoms with E-state index >= 15 is 0 Å². The third kappa shape index (κ3) is 4.72. The Bertz CT molecular complexity index is 1150. The number of piperidine rings is 1. The molecule has 2 saturated heterocycles. The van der Waals surface area contributed by atoms with E-state index in [-0.39, 0.29) is 0 Å². The standard InChI is InChI=1S/C30H41N5O/c1-3-22(2)34-14-4-5-26(20-34)23-6-8-24(9-7-23)27-19-29-28(12-13-31-35(29)21-27)32-15-17-33(18-16-32)30(36)25-10-11-25/h6,8-9,12-13,19,21-23,25-26H,3-5,7,10-11,14-18,20H2,1-2H3/t22-,23?,26-/m1/s1. The number of carbonyl (C=O) groups is 1. The number of rotatable bonds is 6. The predicted octanol–water partition coefficient (Wildman–Crippen LogP) is 4.86. The van der Waals surface area contributed by atoms with E-state index in [0.29, 0.717) is 23.8 Å². The lowest BCUT2D eigenvalue weighted by Crippen LogP contribution is -2.49. The molecule has 3 atom stereocenters. The summed E-state index contributed by atoms with van der Waals surface area (Å²) in [5, 5.41) is 4.62. The van der Waals surface area contributed by atoms with Crippen molar-refractivity contribution in [1.82, 2.24) is 19.4 Å². The smallest absolute Gasteiger partial charge is 0.225 e. The van der Waals surface area contributed by atoms with Gasteiger partial charge < -0.3 is 14.7 Å². The Labute approximate surface area is 215 Å². The van der Waals surface area contributed by atoms with Gasteiger partial charge in [0.05, 0.1) is 11.2 Å². The van der Waals surface area contributed by atoms with Crippen LogP contribution in [0.1, 0.15) is 57.9 Å². The fourth-order valence-electron chi connectivity index (χ4n) is 6.43. The van der Waals surface area contributed by atoms with Gasteiger partial charge in [0.15, 0.2) is 0 Å². The maximum Gasteiger partial charge on any atom is 0.225 e. The first-order valence-corrected chi connectivity index (χ1v) is 14.2. The van der Waals surface area contributed by atoms with Crippen molar-refractivity contribution >= 4 is 22.7 Å². The molecule has 2 aliphatic carbocycles. The summed E-state index contributed by atoms with van der Waals surface area (Å²) < 4.78 is 2.03. The van der Waals surface area contributed by atoms with Crippen LogP contribution >= 0.6 is 0 Å². The van der Waals surface area contributed by atoms with Crippen molar-refractivity contribution in [2.45, 2.75) is 58.4 Å². The molecule has 192 valence electrons. The molecule has 4 aliphatic rings. The van der Waals surface area contributed by atoms with Gasteiger partial charge in [-0.3, -0.25) is 4.79 Å². The van der Waals surface area contributed by atoms with Crippen LogP contribution in [0.5, 0.6) is 0 Å². The second kappa shape index (κ2) is 10.0. The number of nitrogens with zero attached hydrogens (tertiary/aromatic N) is 5. The summed E-state index contributed by atoms with van der Waals surface area (Å²) >= 11 is 0. The second-order valence-electron chi connectivity index (χ2n) is 11.4. The molecular weight excluding hydrogens is 446 g/mol. The van der Waals surface area contributed by atoms with Gasteiger partial charge in [0.1, 0.15) is 0 Å². The molecule has 6 heteroatoms. The summed E-state index contributed by atoms with van der Waals surface area (Å²) in [7, 11) is 0. The summed E-state index contributed by atoms with van der Waals surface area (Å²) in [6.45, 7) is 10.6. The van der Waals surface area contributed by atoms with Crippen molar-refractivity contribution in [3.05, 3.63) is 48.3 Å². The van der Waals surface area contributed by atoms with Gasteiger partial charge >= 0.3 is 0 Å². The number of allylic oxidation sites excluding steroid dienone is 4. The van der Waals surface area contributed by atoms with E-state index in [0.717, 1.165) is 56.9 Å². The SMILES string of the molecule is CC[C@@H](C)N1CCC[C@@H](C2C=CC(c3cc4c(N5CCN(C(=O)C6CC6)CC5)ccnn4c3)=CC2)C1. The van der Waals surface area contributed by atoms with E-state index in [4.69, 9.17) is 0 Å². The largest absolute Gasteiger partial charge is 0.366 e. The van der Waals surface area contributed by atoms with Gasteiger partial charge in [-0.1, -0.05) is 25.2 Å². The van der Waals surface area contributed by atoms with Crippen LogP contribution in [-0.4, -0.2) is 70.6 Å². The van der Waals surface area contributed by atoms with Crippen molar-refractivity contribution in [3.8, 4) is 0 Å². The van der Waals surface area contributed by atoms with E-state index in [1.165, 1.54) is 49.2 Å². The lowest BCUT2D eigenvalue weighted by molar-refractivity contribution is -0.132. The van der Waals surface area contributed by atoms with Gasteiger partial charge in [-0.25, -0.2) is 4.52 Å². The summed E-state index contributed by atoms with van der Waals surface area (Å²) in [5.41, 5.74) is 4.94. The molecule has 1 amide bonds. The Morgan fingerprint density at radius 1 is 1.14 bits per heavy atom. The van der Waals surface area contributed by atoms with E-state index in [9.17, 15) is 4.79 Å². The van der Waals surface area contributed by atoms with Crippen molar-refractivity contribution in [3.63, 3.8) is 0 Å². The zero-order valence-electron chi connectivity index (χ0n) is 22.0. The Kier molecular flexibility index (Phi) is 6.63. The summed E-state index contributed by atoms with van der Waals surface area (Å²) in [4.78, 5) is 19.7. The number of amides is 1. The minimum Gasteiger partial charge on any atom is -0.366 e. The highest BCUT2D eigenvalue weighted by Gasteiger charge is 2.35. The minimum absolute atomic E-state index is 0.311. The van der Waals surface area contributed by atoms with Gasteiger partial charge in [-0.15, -0.1) is 0 Å². The Morgan fingerprint density at radius 3 is 2.69 bits per heavy atom. The lowest BCUT2D eigenvalue weighted by atomic mass is 9.80. The fourth-order valence-corrected chi connectivity index (χ4v) is 6.43. The monoisotopic (exact) mass is 487 g/mol. The Hall–Kier alpha value is -2.60. The van der Waals surface area contributed by atoms with Crippen molar-refractivity contribution in [2.24, 2.45) is 17.8 Å². The first-order chi connectivity index (χ1) is 17.6. The van der Waals surface area contributed by atoms with E-state index < -0.39 is 0 Å². The molecule has 0 bridgehead atoms. The lowest BCUT2D eigenvalue weighted by Gasteiger charge is -2.39. The zero-order chi connectivity index (χ0) is 24.6. The second-order valence-corrected chi connectivity index (χ2v) is 11.4. The van der Waals surface area contributed by atoms with Crippen LogP contribution in [0.25, 0.3) is 11.1 Å². The number of piperazine rings is 1. The molecule has 2 aromatic heterocycles. The van der Waals surface area contributed by atoms with E-state index in [1.54, 1.807) is 0 Å².